The van der Waals surface area contributed by atoms with Gasteiger partial charge in [-0.3, -0.25) is 4.98 Å². The molecule has 0 amide bonds. The first-order valence-electron chi connectivity index (χ1n) is 4.35. The molecule has 0 aliphatic rings. The van der Waals surface area contributed by atoms with E-state index < -0.39 is 0 Å². The lowest BCUT2D eigenvalue weighted by molar-refractivity contribution is 0.828. The second kappa shape index (κ2) is 3.86. The van der Waals surface area contributed by atoms with E-state index in [1.54, 1.807) is 23.7 Å². The third kappa shape index (κ3) is 1.81. The summed E-state index contributed by atoms with van der Waals surface area (Å²) >= 11 is 1.62. The van der Waals surface area contributed by atoms with Crippen molar-refractivity contribution < 1.29 is 0 Å². The van der Waals surface area contributed by atoms with Crippen LogP contribution in [-0.2, 0) is 0 Å². The number of thiazole rings is 1. The van der Waals surface area contributed by atoms with Gasteiger partial charge in [0.05, 0.1) is 16.7 Å². The van der Waals surface area contributed by atoms with E-state index in [4.69, 9.17) is 5.73 Å². The first-order valence-corrected chi connectivity index (χ1v) is 5.23. The molecule has 2 rings (SSSR count). The minimum Gasteiger partial charge on any atom is -0.319 e. The van der Waals surface area contributed by atoms with Crippen molar-refractivity contribution in [1.82, 2.24) is 9.97 Å². The maximum absolute atomic E-state index is 6.03. The predicted molar refractivity (Wildman–Crippen MR) is 57.1 cm³/mol. The number of pyridine rings is 1. The van der Waals surface area contributed by atoms with Gasteiger partial charge in [0.1, 0.15) is 0 Å². The molecule has 2 N–H and O–H groups in total. The molecule has 0 saturated carbocycles. The van der Waals surface area contributed by atoms with E-state index in [0.29, 0.717) is 0 Å². The quantitative estimate of drug-likeness (QED) is 0.814. The summed E-state index contributed by atoms with van der Waals surface area (Å²) in [5.74, 6) is 0. The molecule has 0 aliphatic carbocycles. The lowest BCUT2D eigenvalue weighted by Gasteiger charge is -2.07. The molecule has 2 aromatic heterocycles. The van der Waals surface area contributed by atoms with Crippen LogP contribution in [0.3, 0.4) is 0 Å². The van der Waals surface area contributed by atoms with Gasteiger partial charge in [-0.15, -0.1) is 11.3 Å². The Labute approximate surface area is 86.6 Å². The Balaban J connectivity index is 2.29. The highest BCUT2D eigenvalue weighted by atomic mass is 32.1. The molecule has 0 fully saturated rings. The third-order valence-corrected chi connectivity index (χ3v) is 2.79. The highest BCUT2D eigenvalue weighted by Gasteiger charge is 2.11. The van der Waals surface area contributed by atoms with Crippen LogP contribution in [0.1, 0.15) is 22.3 Å². The number of rotatable bonds is 2. The molecule has 3 nitrogen and oxygen atoms in total. The standard InChI is InChI=1S/C10H11N3S/c1-7-13-9(6-14-7)10(11)8-3-2-4-12-5-8/h2-6,10H,11H2,1H3. The van der Waals surface area contributed by atoms with Gasteiger partial charge >= 0.3 is 0 Å². The number of nitrogens with two attached hydrogens (primary N) is 1. The zero-order valence-corrected chi connectivity index (χ0v) is 8.66. The van der Waals surface area contributed by atoms with Crippen molar-refractivity contribution >= 4 is 11.3 Å². The maximum Gasteiger partial charge on any atom is 0.0898 e. The van der Waals surface area contributed by atoms with Crippen LogP contribution in [0.5, 0.6) is 0 Å². The topological polar surface area (TPSA) is 51.8 Å². The summed E-state index contributed by atoms with van der Waals surface area (Å²) in [6, 6.07) is 3.69. The molecule has 4 heteroatoms. The van der Waals surface area contributed by atoms with Crippen molar-refractivity contribution in [2.75, 3.05) is 0 Å². The Morgan fingerprint density at radius 2 is 2.36 bits per heavy atom. The predicted octanol–water partition coefficient (Wildman–Crippen LogP) is 1.89. The van der Waals surface area contributed by atoms with Gasteiger partial charge in [-0.25, -0.2) is 4.98 Å². The molecular weight excluding hydrogens is 194 g/mol. The van der Waals surface area contributed by atoms with E-state index in [0.717, 1.165) is 16.3 Å². The van der Waals surface area contributed by atoms with E-state index in [1.807, 2.05) is 24.4 Å². The second-order valence-electron chi connectivity index (χ2n) is 3.06. The Hall–Kier alpha value is -1.26. The summed E-state index contributed by atoms with van der Waals surface area (Å²) < 4.78 is 0. The average molecular weight is 205 g/mol. The second-order valence-corrected chi connectivity index (χ2v) is 4.12. The molecule has 1 unspecified atom stereocenters. The molecule has 2 aromatic rings. The molecule has 0 saturated heterocycles. The van der Waals surface area contributed by atoms with Crippen molar-refractivity contribution in [2.24, 2.45) is 5.73 Å². The number of hydrogen-bond acceptors (Lipinski definition) is 4. The van der Waals surface area contributed by atoms with Crippen LogP contribution in [-0.4, -0.2) is 9.97 Å². The number of nitrogens with zero attached hydrogens (tertiary/aromatic N) is 2. The van der Waals surface area contributed by atoms with Gasteiger partial charge in [0.2, 0.25) is 0 Å². The van der Waals surface area contributed by atoms with Gasteiger partial charge in [-0.2, -0.15) is 0 Å². The molecule has 14 heavy (non-hydrogen) atoms. The summed E-state index contributed by atoms with van der Waals surface area (Å²) in [5.41, 5.74) is 7.95. The Kier molecular flexibility index (Phi) is 2.56. The summed E-state index contributed by atoms with van der Waals surface area (Å²) in [5, 5.41) is 3.03. The van der Waals surface area contributed by atoms with Crippen LogP contribution in [0.2, 0.25) is 0 Å². The van der Waals surface area contributed by atoms with Crippen molar-refractivity contribution in [2.45, 2.75) is 13.0 Å². The van der Waals surface area contributed by atoms with E-state index in [-0.39, 0.29) is 6.04 Å². The molecule has 0 radical (unpaired) electrons. The van der Waals surface area contributed by atoms with Gasteiger partial charge in [0.25, 0.3) is 0 Å². The van der Waals surface area contributed by atoms with Crippen molar-refractivity contribution in [3.63, 3.8) is 0 Å². The monoisotopic (exact) mass is 205 g/mol. The summed E-state index contributed by atoms with van der Waals surface area (Å²) in [4.78, 5) is 8.39. The molecule has 0 spiro atoms. The minimum atomic E-state index is -0.159. The molecule has 2 heterocycles. The first kappa shape index (κ1) is 9.30. The molecule has 0 aliphatic heterocycles. The van der Waals surface area contributed by atoms with Gasteiger partial charge in [-0.1, -0.05) is 6.07 Å². The SMILES string of the molecule is Cc1nc(C(N)c2cccnc2)cs1. The lowest BCUT2D eigenvalue weighted by atomic mass is 10.1. The third-order valence-electron chi connectivity index (χ3n) is 2.00. The zero-order valence-electron chi connectivity index (χ0n) is 7.84. The van der Waals surface area contributed by atoms with Gasteiger partial charge < -0.3 is 5.73 Å². The van der Waals surface area contributed by atoms with Gasteiger partial charge in [0.15, 0.2) is 0 Å². The van der Waals surface area contributed by atoms with Crippen LogP contribution < -0.4 is 5.73 Å². The van der Waals surface area contributed by atoms with E-state index >= 15 is 0 Å². The Bertz CT molecular complexity index is 410. The highest BCUT2D eigenvalue weighted by Crippen LogP contribution is 2.19. The van der Waals surface area contributed by atoms with Crippen LogP contribution in [0.15, 0.2) is 29.9 Å². The molecule has 0 aromatic carbocycles. The summed E-state index contributed by atoms with van der Waals surface area (Å²) in [6.45, 7) is 1.98. The maximum atomic E-state index is 6.03. The van der Waals surface area contributed by atoms with Crippen LogP contribution >= 0.6 is 11.3 Å². The van der Waals surface area contributed by atoms with E-state index in [2.05, 4.69) is 9.97 Å². The fourth-order valence-electron chi connectivity index (χ4n) is 1.25. The zero-order chi connectivity index (χ0) is 9.97. The van der Waals surface area contributed by atoms with E-state index in [9.17, 15) is 0 Å². The number of aryl methyl sites for hydroxylation is 1. The molecule has 72 valence electrons. The molecule has 1 atom stereocenters. The molecular formula is C10H11N3S. The first-order chi connectivity index (χ1) is 6.77. The van der Waals surface area contributed by atoms with Gasteiger partial charge in [0, 0.05) is 17.8 Å². The average Bonchev–Trinajstić information content (AvgIpc) is 2.65. The Morgan fingerprint density at radius 1 is 1.50 bits per heavy atom. The van der Waals surface area contributed by atoms with Crippen molar-refractivity contribution in [3.8, 4) is 0 Å². The largest absolute Gasteiger partial charge is 0.319 e. The highest BCUT2D eigenvalue weighted by molar-refractivity contribution is 7.09. The fourth-order valence-corrected chi connectivity index (χ4v) is 1.90. The summed E-state index contributed by atoms with van der Waals surface area (Å²) in [7, 11) is 0. The minimum absolute atomic E-state index is 0.159. The Morgan fingerprint density at radius 3 is 2.93 bits per heavy atom. The fraction of sp³-hybridized carbons (Fsp3) is 0.200. The van der Waals surface area contributed by atoms with E-state index in [1.165, 1.54) is 0 Å². The van der Waals surface area contributed by atoms with Crippen LogP contribution in [0.4, 0.5) is 0 Å². The van der Waals surface area contributed by atoms with Crippen LogP contribution in [0.25, 0.3) is 0 Å². The van der Waals surface area contributed by atoms with Crippen molar-refractivity contribution in [3.05, 3.63) is 46.2 Å². The molecule has 0 bridgehead atoms. The van der Waals surface area contributed by atoms with Crippen LogP contribution in [0, 0.1) is 6.92 Å². The van der Waals surface area contributed by atoms with Gasteiger partial charge in [-0.05, 0) is 18.6 Å². The lowest BCUT2D eigenvalue weighted by Crippen LogP contribution is -2.12. The van der Waals surface area contributed by atoms with Crippen molar-refractivity contribution in [1.29, 1.82) is 0 Å². The summed E-state index contributed by atoms with van der Waals surface area (Å²) in [6.07, 6.45) is 3.52. The normalized spacial score (nSPS) is 12.7. The smallest absolute Gasteiger partial charge is 0.0898 e. The number of aromatic nitrogens is 2. The number of hydrogen-bond donors (Lipinski definition) is 1.